The van der Waals surface area contributed by atoms with Crippen LogP contribution in [0, 0.1) is 5.92 Å². The molecule has 0 aliphatic heterocycles. The lowest BCUT2D eigenvalue weighted by Gasteiger charge is -1.95. The van der Waals surface area contributed by atoms with Crippen LogP contribution in [0.4, 0.5) is 0 Å². The normalized spacial score (nSPS) is 8.40. The smallest absolute Gasteiger partial charge is 0.0606 e. The molecule has 0 aliphatic rings. The molecule has 1 heteroatoms. The van der Waals surface area contributed by atoms with Gasteiger partial charge in [0.1, 0.15) is 0 Å². The Morgan fingerprint density at radius 3 is 1.70 bits per heavy atom. The zero-order valence-electron chi connectivity index (χ0n) is 9.28. The maximum absolute atomic E-state index is 5.99. The summed E-state index contributed by atoms with van der Waals surface area (Å²) in [6.45, 7) is 10.7. The monoisotopic (exact) mass is 144 g/mol. The molecule has 0 rings (SSSR count). The lowest BCUT2D eigenvalue weighted by molar-refractivity contribution is 0.576. The van der Waals surface area contributed by atoms with Crippen molar-refractivity contribution in [3.8, 4) is 0 Å². The molecule has 0 aromatic carbocycles. The highest BCUT2D eigenvalue weighted by molar-refractivity contribution is 6.05. The Balaban J connectivity index is -0.000000109. The van der Waals surface area contributed by atoms with E-state index < -0.39 is 0 Å². The minimum atomic E-state index is 0. The Morgan fingerprint density at radius 2 is 1.70 bits per heavy atom. The maximum Gasteiger partial charge on any atom is 0.0606 e. The van der Waals surface area contributed by atoms with Crippen LogP contribution in [0.1, 0.15) is 48.8 Å². The van der Waals surface area contributed by atoms with Crippen LogP contribution >= 0.6 is 0 Å². The van der Waals surface area contributed by atoms with Crippen LogP contribution in [-0.2, 0) is 0 Å². The molecule has 0 saturated heterocycles. The van der Waals surface area contributed by atoms with Crippen LogP contribution < -0.4 is 0 Å². The van der Waals surface area contributed by atoms with E-state index in [0.29, 0.717) is 0 Å². The van der Waals surface area contributed by atoms with Crippen molar-refractivity contribution in [2.75, 3.05) is 0 Å². The summed E-state index contributed by atoms with van der Waals surface area (Å²) in [5, 5.41) is 0. The highest BCUT2D eigenvalue weighted by Crippen LogP contribution is 2.00. The highest BCUT2D eigenvalue weighted by atomic mass is 13.9. The van der Waals surface area contributed by atoms with Crippen molar-refractivity contribution in [2.24, 2.45) is 5.92 Å². The first-order valence-corrected chi connectivity index (χ1v) is 4.18. The molecule has 0 nitrogen and oxygen atoms in total. The van der Waals surface area contributed by atoms with E-state index in [1.165, 1.54) is 12.8 Å². The van der Waals surface area contributed by atoms with Gasteiger partial charge in [0.2, 0.25) is 0 Å². The van der Waals surface area contributed by atoms with Gasteiger partial charge in [0.15, 0.2) is 0 Å². The Hall–Kier alpha value is 0.0649. The van der Waals surface area contributed by atoms with E-state index in [9.17, 15) is 0 Å². The zero-order chi connectivity index (χ0) is 9.70. The molecule has 0 heterocycles. The molecule has 10 heavy (non-hydrogen) atoms. The summed E-state index contributed by atoms with van der Waals surface area (Å²) in [5.74, 6) is 0.898. The predicted octanol–water partition coefficient (Wildman–Crippen LogP) is 3.67. The van der Waals surface area contributed by atoms with Crippen molar-refractivity contribution < 1.29 is 1.37 Å². The van der Waals surface area contributed by atoms with E-state index in [1.807, 2.05) is 13.8 Å². The highest BCUT2D eigenvalue weighted by Gasteiger charge is 1.85. The van der Waals surface area contributed by atoms with Gasteiger partial charge < -0.3 is 0 Å². The molecular weight excluding hydrogens is 119 g/mol. The fraction of sp³-hybridized carbons (Fsp3) is 1.00. The van der Waals surface area contributed by atoms with E-state index in [1.54, 1.807) is 0 Å². The third kappa shape index (κ3) is 42.9. The van der Waals surface area contributed by atoms with Crippen LogP contribution in [0.25, 0.3) is 0 Å². The summed E-state index contributed by atoms with van der Waals surface area (Å²) in [6, 6.07) is 0. The number of rotatable bonds is 2. The molecule has 0 saturated carbocycles. The minimum Gasteiger partial charge on any atom is -0.0999 e. The Kier molecular flexibility index (Phi) is 29.2. The van der Waals surface area contributed by atoms with Crippen LogP contribution in [0.15, 0.2) is 0 Å². The van der Waals surface area contributed by atoms with Crippen LogP contribution in [0.3, 0.4) is 0 Å². The number of hydrogen-bond donors (Lipinski definition) is 0. The van der Waals surface area contributed by atoms with Gasteiger partial charge in [-0.2, -0.15) is 0 Å². The SMILES string of the molecule is CC.CCCC(C)C.[3H]C[B]. The van der Waals surface area contributed by atoms with Crippen molar-refractivity contribution in [1.82, 2.24) is 0 Å². The standard InChI is InChI=1S/C6H14.C2H6.CH3B/c1-4-5-6(2)3;2*1-2/h6H,4-5H2,1-3H3;1-2H3;1H3/i;;1T. The lowest BCUT2D eigenvalue weighted by Crippen LogP contribution is -1.81. The van der Waals surface area contributed by atoms with E-state index in [2.05, 4.69) is 28.6 Å². The summed E-state index contributed by atoms with van der Waals surface area (Å²) in [5.41, 5.74) is 0. The Morgan fingerprint density at radius 1 is 1.40 bits per heavy atom. The van der Waals surface area contributed by atoms with Crippen LogP contribution in [0.5, 0.6) is 0 Å². The van der Waals surface area contributed by atoms with Crippen LogP contribution in [0.2, 0.25) is 6.80 Å². The molecule has 0 spiro atoms. The second kappa shape index (κ2) is 23.0. The van der Waals surface area contributed by atoms with Gasteiger partial charge in [-0.15, -0.1) is 0 Å². The van der Waals surface area contributed by atoms with Crippen molar-refractivity contribution in [3.05, 3.63) is 0 Å². The first kappa shape index (κ1) is 12.7. The van der Waals surface area contributed by atoms with Gasteiger partial charge in [0.05, 0.1) is 7.85 Å². The minimum absolute atomic E-state index is 0. The summed E-state index contributed by atoms with van der Waals surface area (Å²) >= 11 is 0. The Labute approximate surface area is 70.2 Å². The average Bonchev–Trinajstić information content (AvgIpc) is 1.93. The molecule has 0 bridgehead atoms. The quantitative estimate of drug-likeness (QED) is 0.518. The summed E-state index contributed by atoms with van der Waals surface area (Å²) in [6.07, 6.45) is 2.71. The molecule has 0 atom stereocenters. The third-order valence-corrected chi connectivity index (χ3v) is 0.866. The van der Waals surface area contributed by atoms with E-state index in [4.69, 9.17) is 1.37 Å². The van der Waals surface area contributed by atoms with E-state index in [0.717, 1.165) is 5.92 Å². The zero-order valence-corrected chi connectivity index (χ0v) is 8.28. The molecule has 0 aromatic heterocycles. The number of hydrogen-bond acceptors (Lipinski definition) is 0. The van der Waals surface area contributed by atoms with Gasteiger partial charge in [-0.25, -0.2) is 0 Å². The van der Waals surface area contributed by atoms with Gasteiger partial charge in [-0.1, -0.05) is 54.3 Å². The molecule has 0 fully saturated rings. The van der Waals surface area contributed by atoms with Crippen molar-refractivity contribution in [3.63, 3.8) is 0 Å². The third-order valence-electron chi connectivity index (χ3n) is 0.866. The van der Waals surface area contributed by atoms with Crippen molar-refractivity contribution in [2.45, 2.75) is 54.3 Å². The summed E-state index contributed by atoms with van der Waals surface area (Å²) in [7, 11) is 4.51. The molecule has 0 aromatic rings. The second-order valence-corrected chi connectivity index (χ2v) is 2.18. The van der Waals surface area contributed by atoms with Gasteiger partial charge >= 0.3 is 0 Å². The summed E-state index contributed by atoms with van der Waals surface area (Å²) < 4.78 is 5.99. The van der Waals surface area contributed by atoms with Gasteiger partial charge in [-0.3, -0.25) is 0 Å². The molecule has 0 amide bonds. The predicted molar refractivity (Wildman–Crippen MR) is 52.7 cm³/mol. The molecule has 2 radical (unpaired) electrons. The van der Waals surface area contributed by atoms with E-state index in [-0.39, 0.29) is 6.80 Å². The topological polar surface area (TPSA) is 0 Å². The van der Waals surface area contributed by atoms with Crippen molar-refractivity contribution >= 4 is 7.85 Å². The van der Waals surface area contributed by atoms with Gasteiger partial charge in [-0.05, 0) is 5.92 Å². The summed E-state index contributed by atoms with van der Waals surface area (Å²) in [4.78, 5) is 0. The fourth-order valence-corrected chi connectivity index (χ4v) is 0.577. The Bertz CT molecular complexity index is 38.5. The molecular formula is C9H23B. The van der Waals surface area contributed by atoms with Gasteiger partial charge in [0.25, 0.3) is 0 Å². The maximum atomic E-state index is 5.99. The van der Waals surface area contributed by atoms with Crippen molar-refractivity contribution in [1.29, 1.82) is 0 Å². The lowest BCUT2D eigenvalue weighted by atomic mass is 10.1. The molecule has 0 unspecified atom stereocenters. The molecule has 0 N–H and O–H groups in total. The molecule has 0 aliphatic carbocycles. The first-order valence-electron chi connectivity index (χ1n) is 4.89. The van der Waals surface area contributed by atoms with E-state index >= 15 is 0 Å². The second-order valence-electron chi connectivity index (χ2n) is 2.18. The fourth-order valence-electron chi connectivity index (χ4n) is 0.577. The molecule has 62 valence electrons. The van der Waals surface area contributed by atoms with Gasteiger partial charge in [0, 0.05) is 1.37 Å². The largest absolute Gasteiger partial charge is 0.0999 e. The first-order chi connectivity index (χ1) is 5.18. The van der Waals surface area contributed by atoms with Crippen LogP contribution in [-0.4, -0.2) is 7.85 Å². The average molecular weight is 144 g/mol.